The van der Waals surface area contributed by atoms with Gasteiger partial charge >= 0.3 is 6.03 Å². The van der Waals surface area contributed by atoms with E-state index in [9.17, 15) is 9.59 Å². The van der Waals surface area contributed by atoms with Crippen LogP contribution in [-0.4, -0.2) is 75.8 Å². The van der Waals surface area contributed by atoms with Crippen LogP contribution in [0.5, 0.6) is 5.88 Å². The number of amides is 3. The number of hydrogen-bond acceptors (Lipinski definition) is 8. The summed E-state index contributed by atoms with van der Waals surface area (Å²) in [6, 6.07) is 10.4. The Morgan fingerprint density at radius 1 is 1.05 bits per heavy atom. The van der Waals surface area contributed by atoms with Crippen LogP contribution in [0.3, 0.4) is 0 Å². The van der Waals surface area contributed by atoms with Gasteiger partial charge in [-0.3, -0.25) is 9.78 Å². The highest BCUT2D eigenvalue weighted by Crippen LogP contribution is 2.37. The number of urea groups is 1. The molecule has 0 radical (unpaired) electrons. The van der Waals surface area contributed by atoms with E-state index in [0.717, 1.165) is 18.4 Å². The van der Waals surface area contributed by atoms with Crippen LogP contribution in [0.25, 0.3) is 11.3 Å². The molecule has 5 heterocycles. The van der Waals surface area contributed by atoms with Crippen molar-refractivity contribution < 1.29 is 19.1 Å². The maximum atomic E-state index is 13.8. The predicted octanol–water partition coefficient (Wildman–Crippen LogP) is 4.18. The summed E-state index contributed by atoms with van der Waals surface area (Å²) >= 11 is 0. The molecule has 1 aromatic carbocycles. The smallest absolute Gasteiger partial charge is 0.323 e. The molecule has 2 aromatic heterocycles. The Hall–Kier alpha value is -4.25. The van der Waals surface area contributed by atoms with E-state index >= 15 is 0 Å². The first-order valence-corrected chi connectivity index (χ1v) is 13.7. The van der Waals surface area contributed by atoms with Crippen molar-refractivity contribution >= 4 is 29.3 Å². The highest BCUT2D eigenvalue weighted by Gasteiger charge is 2.39. The Balaban J connectivity index is 1.35. The van der Waals surface area contributed by atoms with Gasteiger partial charge in [-0.1, -0.05) is 12.1 Å². The lowest BCUT2D eigenvalue weighted by molar-refractivity contribution is 0.0297. The van der Waals surface area contributed by atoms with Gasteiger partial charge in [0.1, 0.15) is 11.2 Å². The first-order chi connectivity index (χ1) is 19.3. The van der Waals surface area contributed by atoms with Crippen molar-refractivity contribution in [2.45, 2.75) is 51.4 Å². The average Bonchev–Trinajstić information content (AvgIpc) is 3.23. The second-order valence-electron chi connectivity index (χ2n) is 11.0. The maximum Gasteiger partial charge on any atom is 0.323 e. The van der Waals surface area contributed by atoms with Gasteiger partial charge in [-0.2, -0.15) is 4.98 Å². The van der Waals surface area contributed by atoms with Crippen molar-refractivity contribution in [3.8, 4) is 17.1 Å². The fraction of sp³-hybridized carbons (Fsp3) is 0.414. The topological polar surface area (TPSA) is 122 Å². The Bertz CT molecular complexity index is 1400. The molecule has 2 N–H and O–H groups in total. The molecule has 40 heavy (non-hydrogen) atoms. The summed E-state index contributed by atoms with van der Waals surface area (Å²) in [5.74, 6) is 0.660. The minimum atomic E-state index is -0.626. The Kier molecular flexibility index (Phi) is 6.75. The van der Waals surface area contributed by atoms with Gasteiger partial charge in [-0.25, -0.2) is 9.78 Å². The summed E-state index contributed by atoms with van der Waals surface area (Å²) in [7, 11) is 0. The predicted molar refractivity (Wildman–Crippen MR) is 151 cm³/mol. The largest absolute Gasteiger partial charge is 0.469 e. The zero-order chi connectivity index (χ0) is 27.9. The van der Waals surface area contributed by atoms with Crippen LogP contribution in [0.4, 0.5) is 22.1 Å². The van der Waals surface area contributed by atoms with Gasteiger partial charge in [0.05, 0.1) is 36.3 Å². The summed E-state index contributed by atoms with van der Waals surface area (Å²) < 4.78 is 12.4. The Labute approximate surface area is 232 Å². The molecule has 0 saturated carbocycles. The van der Waals surface area contributed by atoms with Gasteiger partial charge in [0.25, 0.3) is 5.91 Å². The van der Waals surface area contributed by atoms with Crippen LogP contribution in [0, 0.1) is 0 Å². The third kappa shape index (κ3) is 5.29. The second-order valence-corrected chi connectivity index (χ2v) is 11.0. The van der Waals surface area contributed by atoms with Crippen LogP contribution < -0.4 is 20.3 Å². The third-order valence-electron chi connectivity index (χ3n) is 7.35. The molecule has 3 aliphatic rings. The SMILES string of the molecule is CCN1CC(C)(C)Oc2nc(N3CC4CCC(C3)O4)nc(-c3ccc(NC(=O)Nc4cccnc4)cc3)c2C1=O. The van der Waals surface area contributed by atoms with Crippen molar-refractivity contribution in [3.63, 3.8) is 0 Å². The molecule has 2 bridgehead atoms. The zero-order valence-corrected chi connectivity index (χ0v) is 22.9. The van der Waals surface area contributed by atoms with Gasteiger partial charge < -0.3 is 29.9 Å². The van der Waals surface area contributed by atoms with E-state index in [4.69, 9.17) is 19.4 Å². The first kappa shape index (κ1) is 26.0. The van der Waals surface area contributed by atoms with Gasteiger partial charge in [0.2, 0.25) is 11.8 Å². The standard InChI is InChI=1S/C29H33N7O4/c1-4-35-17-29(2,3)40-25-23(26(35)37)24(33-27(34-25)36-15-21-11-12-22(16-36)39-21)18-7-9-19(10-8-18)31-28(38)32-20-6-5-13-30-14-20/h5-10,13-14,21-22H,4,11-12,15-17H2,1-3H3,(H2,31,32,38). The summed E-state index contributed by atoms with van der Waals surface area (Å²) in [6.45, 7) is 8.24. The minimum Gasteiger partial charge on any atom is -0.469 e. The van der Waals surface area contributed by atoms with E-state index in [1.54, 1.807) is 41.6 Å². The fourth-order valence-electron chi connectivity index (χ4n) is 5.50. The number of rotatable bonds is 5. The Morgan fingerprint density at radius 3 is 2.45 bits per heavy atom. The number of benzene rings is 1. The summed E-state index contributed by atoms with van der Waals surface area (Å²) in [5.41, 5.74) is 2.13. The number of morpholine rings is 1. The van der Waals surface area contributed by atoms with E-state index in [0.29, 0.717) is 60.6 Å². The summed E-state index contributed by atoms with van der Waals surface area (Å²) in [5, 5.41) is 5.57. The molecule has 2 saturated heterocycles. The highest BCUT2D eigenvalue weighted by molar-refractivity contribution is 6.03. The molecule has 208 valence electrons. The summed E-state index contributed by atoms with van der Waals surface area (Å²) in [4.78, 5) is 43.9. The maximum absolute atomic E-state index is 13.8. The molecule has 2 unspecified atom stereocenters. The van der Waals surface area contributed by atoms with E-state index in [2.05, 4.69) is 20.5 Å². The van der Waals surface area contributed by atoms with Crippen molar-refractivity contribution in [3.05, 3.63) is 54.4 Å². The molecule has 11 nitrogen and oxygen atoms in total. The van der Waals surface area contributed by atoms with Gasteiger partial charge in [-0.05, 0) is 57.9 Å². The number of nitrogens with zero attached hydrogens (tertiary/aromatic N) is 5. The molecule has 0 aliphatic carbocycles. The normalized spacial score (nSPS) is 21.3. The van der Waals surface area contributed by atoms with Crippen LogP contribution in [0.1, 0.15) is 44.0 Å². The number of hydrogen-bond donors (Lipinski definition) is 2. The number of ether oxygens (including phenoxy) is 2. The number of nitrogens with one attached hydrogen (secondary N) is 2. The number of pyridine rings is 1. The fourth-order valence-corrected chi connectivity index (χ4v) is 5.50. The highest BCUT2D eigenvalue weighted by atomic mass is 16.5. The third-order valence-corrected chi connectivity index (χ3v) is 7.35. The molecular formula is C29H33N7O4. The van der Waals surface area contributed by atoms with Gasteiger partial charge in [-0.15, -0.1) is 0 Å². The molecule has 3 aliphatic heterocycles. The van der Waals surface area contributed by atoms with E-state index < -0.39 is 5.60 Å². The van der Waals surface area contributed by atoms with Crippen LogP contribution in [-0.2, 0) is 4.74 Å². The lowest BCUT2D eigenvalue weighted by atomic mass is 10.0. The molecule has 6 rings (SSSR count). The van der Waals surface area contributed by atoms with Crippen LogP contribution in [0.15, 0.2) is 48.8 Å². The second kappa shape index (κ2) is 10.4. The average molecular weight is 544 g/mol. The molecule has 2 fully saturated rings. The minimum absolute atomic E-state index is 0.155. The molecule has 2 atom stereocenters. The number of fused-ring (bicyclic) bond motifs is 3. The first-order valence-electron chi connectivity index (χ1n) is 13.7. The zero-order valence-electron chi connectivity index (χ0n) is 22.9. The Morgan fingerprint density at radius 2 is 1.77 bits per heavy atom. The van der Waals surface area contributed by atoms with E-state index in [-0.39, 0.29) is 24.1 Å². The van der Waals surface area contributed by atoms with Gasteiger partial charge in [0, 0.05) is 37.1 Å². The van der Waals surface area contributed by atoms with Gasteiger partial charge in [0.15, 0.2) is 0 Å². The lowest BCUT2D eigenvalue weighted by Crippen LogP contribution is -2.43. The number of likely N-dealkylation sites (N-methyl/N-ethyl adjacent to an activating group) is 1. The molecule has 3 aromatic rings. The molecule has 11 heteroatoms. The van der Waals surface area contributed by atoms with E-state index in [1.165, 1.54) is 0 Å². The van der Waals surface area contributed by atoms with Crippen molar-refractivity contribution in [2.24, 2.45) is 0 Å². The number of carbonyl (C=O) groups excluding carboxylic acids is 2. The lowest BCUT2D eigenvalue weighted by Gasteiger charge is -2.33. The monoisotopic (exact) mass is 543 g/mol. The van der Waals surface area contributed by atoms with Crippen LogP contribution >= 0.6 is 0 Å². The number of aromatic nitrogens is 3. The van der Waals surface area contributed by atoms with Crippen molar-refractivity contribution in [1.82, 2.24) is 19.9 Å². The quantitative estimate of drug-likeness (QED) is 0.492. The molecular weight excluding hydrogens is 510 g/mol. The van der Waals surface area contributed by atoms with Crippen molar-refractivity contribution in [1.29, 1.82) is 0 Å². The number of carbonyl (C=O) groups is 2. The summed E-state index contributed by atoms with van der Waals surface area (Å²) in [6.07, 6.45) is 5.57. The van der Waals surface area contributed by atoms with Crippen molar-refractivity contribution in [2.75, 3.05) is 41.7 Å². The molecule has 0 spiro atoms. The molecule has 3 amide bonds. The van der Waals surface area contributed by atoms with E-state index in [1.807, 2.05) is 32.9 Å². The number of anilines is 3. The van der Waals surface area contributed by atoms with Crippen LogP contribution in [0.2, 0.25) is 0 Å².